The van der Waals surface area contributed by atoms with Gasteiger partial charge in [0.05, 0.1) is 12.0 Å². The smallest absolute Gasteiger partial charge is 0.191 e. The highest BCUT2D eigenvalue weighted by molar-refractivity contribution is 14.0. The van der Waals surface area contributed by atoms with Crippen molar-refractivity contribution in [3.63, 3.8) is 0 Å². The number of benzene rings is 2. The number of guanidine groups is 1. The number of aliphatic imine (C=N–C) groups is 1. The molecule has 1 aromatic heterocycles. The van der Waals surface area contributed by atoms with Crippen LogP contribution < -0.4 is 10.6 Å². The average molecular weight is 511 g/mol. The Hall–Kier alpha value is -2.07. The highest BCUT2D eigenvalue weighted by atomic mass is 127. The Morgan fingerprint density at radius 1 is 1.18 bits per heavy atom. The van der Waals surface area contributed by atoms with Gasteiger partial charge in [-0.3, -0.25) is 4.99 Å². The third kappa shape index (κ3) is 6.52. The summed E-state index contributed by atoms with van der Waals surface area (Å²) in [4.78, 5) is 9.40. The van der Waals surface area contributed by atoms with E-state index in [0.29, 0.717) is 18.2 Å². The number of hydrogen-bond acceptors (Lipinski definition) is 3. The van der Waals surface area contributed by atoms with Crippen LogP contribution in [-0.4, -0.2) is 34.9 Å². The molecule has 3 aromatic rings. The fourth-order valence-corrected chi connectivity index (χ4v) is 3.32. The van der Waals surface area contributed by atoms with Gasteiger partial charge < -0.3 is 15.2 Å². The average Bonchev–Trinajstić information content (AvgIpc) is 3.23. The van der Waals surface area contributed by atoms with Gasteiger partial charge in [-0.25, -0.2) is 9.37 Å². The van der Waals surface area contributed by atoms with Gasteiger partial charge in [0.1, 0.15) is 5.82 Å². The quantitative estimate of drug-likeness (QED) is 0.165. The molecule has 0 radical (unpaired) electrons. The Bertz CT molecular complexity index is 872. The third-order valence-electron chi connectivity index (χ3n) is 3.88. The molecular weight excluding hydrogens is 488 g/mol. The number of nitrogens with one attached hydrogen (secondary N) is 2. The van der Waals surface area contributed by atoms with E-state index in [1.165, 1.54) is 11.0 Å². The third-order valence-corrected chi connectivity index (χ3v) is 4.90. The first kappa shape index (κ1) is 22.2. The fraction of sp³-hybridized carbons (Fsp3) is 0.200. The molecule has 8 heteroatoms. The van der Waals surface area contributed by atoms with Gasteiger partial charge in [-0.1, -0.05) is 24.3 Å². The van der Waals surface area contributed by atoms with Gasteiger partial charge in [-0.15, -0.1) is 35.7 Å². The number of nitrogens with zero attached hydrogens (tertiary/aromatic N) is 3. The topological polar surface area (TPSA) is 54.2 Å². The van der Waals surface area contributed by atoms with Crippen LogP contribution in [0.5, 0.6) is 0 Å². The van der Waals surface area contributed by atoms with Gasteiger partial charge in [-0.2, -0.15) is 0 Å². The van der Waals surface area contributed by atoms with Crippen LogP contribution in [0.15, 0.2) is 77.1 Å². The molecule has 0 bridgehead atoms. The van der Waals surface area contributed by atoms with Crippen LogP contribution in [0.2, 0.25) is 0 Å². The van der Waals surface area contributed by atoms with Crippen molar-refractivity contribution in [3.8, 4) is 5.69 Å². The number of imidazole rings is 1. The van der Waals surface area contributed by atoms with Crippen molar-refractivity contribution < 1.29 is 4.39 Å². The van der Waals surface area contributed by atoms with Crippen LogP contribution in [0.1, 0.15) is 5.56 Å². The van der Waals surface area contributed by atoms with E-state index in [4.69, 9.17) is 0 Å². The fourth-order valence-electron chi connectivity index (χ4n) is 2.53. The maximum Gasteiger partial charge on any atom is 0.191 e. The summed E-state index contributed by atoms with van der Waals surface area (Å²) in [6.45, 7) is 1.28. The molecule has 28 heavy (non-hydrogen) atoms. The van der Waals surface area contributed by atoms with Crippen LogP contribution in [0.25, 0.3) is 5.69 Å². The Labute approximate surface area is 185 Å². The zero-order valence-electron chi connectivity index (χ0n) is 15.5. The molecule has 0 saturated carbocycles. The molecule has 0 atom stereocenters. The monoisotopic (exact) mass is 511 g/mol. The zero-order chi connectivity index (χ0) is 18.9. The molecule has 0 amide bonds. The van der Waals surface area contributed by atoms with Crippen molar-refractivity contribution in [1.29, 1.82) is 0 Å². The first-order chi connectivity index (χ1) is 13.3. The predicted octanol–water partition coefficient (Wildman–Crippen LogP) is 4.09. The summed E-state index contributed by atoms with van der Waals surface area (Å²) in [5, 5.41) is 6.48. The molecule has 0 fully saturated rings. The molecule has 0 spiro atoms. The molecular formula is C20H23FIN5S. The maximum absolute atomic E-state index is 14.3. The second-order valence-electron chi connectivity index (χ2n) is 5.77. The normalized spacial score (nSPS) is 11.0. The van der Waals surface area contributed by atoms with Gasteiger partial charge in [0, 0.05) is 43.2 Å². The summed E-state index contributed by atoms with van der Waals surface area (Å²) in [6.07, 6.45) is 4.92. The largest absolute Gasteiger partial charge is 0.356 e. The summed E-state index contributed by atoms with van der Waals surface area (Å²) >= 11 is 1.79. The molecule has 2 N–H and O–H groups in total. The molecule has 5 nitrogen and oxygen atoms in total. The molecule has 0 unspecified atom stereocenters. The number of aromatic nitrogens is 2. The van der Waals surface area contributed by atoms with E-state index in [1.807, 2.05) is 24.3 Å². The van der Waals surface area contributed by atoms with E-state index in [0.717, 1.165) is 17.9 Å². The Morgan fingerprint density at radius 3 is 2.68 bits per heavy atom. The molecule has 148 valence electrons. The van der Waals surface area contributed by atoms with Gasteiger partial charge in [0.25, 0.3) is 0 Å². The number of rotatable bonds is 7. The van der Waals surface area contributed by atoms with Crippen molar-refractivity contribution in [1.82, 2.24) is 20.2 Å². The van der Waals surface area contributed by atoms with Gasteiger partial charge in [0.15, 0.2) is 5.96 Å². The Kier molecular flexibility index (Phi) is 9.29. The molecule has 3 rings (SSSR count). The summed E-state index contributed by atoms with van der Waals surface area (Å²) in [6, 6.07) is 15.4. The van der Waals surface area contributed by atoms with Crippen LogP contribution in [-0.2, 0) is 6.54 Å². The second-order valence-corrected chi connectivity index (χ2v) is 6.94. The number of halogens is 2. The van der Waals surface area contributed by atoms with Gasteiger partial charge in [0.2, 0.25) is 0 Å². The zero-order valence-corrected chi connectivity index (χ0v) is 18.7. The second kappa shape index (κ2) is 11.7. The van der Waals surface area contributed by atoms with E-state index >= 15 is 0 Å². The predicted molar refractivity (Wildman–Crippen MR) is 124 cm³/mol. The number of thioether (sulfide) groups is 1. The van der Waals surface area contributed by atoms with Crippen LogP contribution in [0, 0.1) is 5.82 Å². The van der Waals surface area contributed by atoms with Gasteiger partial charge in [-0.05, 0) is 29.8 Å². The van der Waals surface area contributed by atoms with E-state index in [-0.39, 0.29) is 29.8 Å². The lowest BCUT2D eigenvalue weighted by atomic mass is 10.2. The lowest BCUT2D eigenvalue weighted by Crippen LogP contribution is -2.37. The van der Waals surface area contributed by atoms with Crippen molar-refractivity contribution in [2.24, 2.45) is 4.99 Å². The Morgan fingerprint density at radius 2 is 2.00 bits per heavy atom. The van der Waals surface area contributed by atoms with Crippen molar-refractivity contribution in [2.45, 2.75) is 11.4 Å². The van der Waals surface area contributed by atoms with Crippen molar-refractivity contribution in [3.05, 3.63) is 78.6 Å². The van der Waals surface area contributed by atoms with Crippen LogP contribution in [0.3, 0.4) is 0 Å². The molecule has 2 aromatic carbocycles. The highest BCUT2D eigenvalue weighted by Crippen LogP contribution is 2.16. The van der Waals surface area contributed by atoms with Crippen LogP contribution >= 0.6 is 35.7 Å². The summed E-state index contributed by atoms with van der Waals surface area (Å²) in [5.74, 6) is 1.34. The summed E-state index contributed by atoms with van der Waals surface area (Å²) < 4.78 is 16.0. The summed E-state index contributed by atoms with van der Waals surface area (Å²) in [5.41, 5.74) is 1.33. The lowest BCUT2D eigenvalue weighted by Gasteiger charge is -2.12. The minimum Gasteiger partial charge on any atom is -0.356 e. The standard InChI is InChI=1S/C20H22FN5S.HI/c1-22-20(24-10-12-27-17-5-3-2-4-6-17)25-14-16-7-8-19(18(21)13-16)26-11-9-23-15-26;/h2-9,11,13,15H,10,12,14H2,1H3,(H2,22,24,25);1H. The lowest BCUT2D eigenvalue weighted by molar-refractivity contribution is 0.615. The first-order valence-corrected chi connectivity index (χ1v) is 9.64. The molecule has 0 aliphatic carbocycles. The number of hydrogen-bond donors (Lipinski definition) is 2. The summed E-state index contributed by atoms with van der Waals surface area (Å²) in [7, 11) is 1.72. The highest BCUT2D eigenvalue weighted by Gasteiger charge is 2.06. The van der Waals surface area contributed by atoms with E-state index in [2.05, 4.69) is 32.7 Å². The molecule has 0 saturated heterocycles. The first-order valence-electron chi connectivity index (χ1n) is 8.65. The van der Waals surface area contributed by atoms with Crippen molar-refractivity contribution in [2.75, 3.05) is 19.3 Å². The Balaban J connectivity index is 0.00000280. The molecule has 1 heterocycles. The van der Waals surface area contributed by atoms with E-state index < -0.39 is 0 Å². The minimum absolute atomic E-state index is 0. The molecule has 0 aliphatic heterocycles. The SMILES string of the molecule is CN=C(NCCSc1ccccc1)NCc1ccc(-n2ccnc2)c(F)c1.I. The maximum atomic E-state index is 14.3. The molecule has 0 aliphatic rings. The van der Waals surface area contributed by atoms with Crippen LogP contribution in [0.4, 0.5) is 4.39 Å². The van der Waals surface area contributed by atoms with E-state index in [1.54, 1.807) is 48.2 Å². The van der Waals surface area contributed by atoms with Gasteiger partial charge >= 0.3 is 0 Å². The minimum atomic E-state index is -0.283. The van der Waals surface area contributed by atoms with E-state index in [9.17, 15) is 4.39 Å². The van der Waals surface area contributed by atoms with Crippen molar-refractivity contribution >= 4 is 41.7 Å².